The van der Waals surface area contributed by atoms with Crippen molar-refractivity contribution in [3.63, 3.8) is 0 Å². The van der Waals surface area contributed by atoms with Crippen molar-refractivity contribution in [3.05, 3.63) is 0 Å². The van der Waals surface area contributed by atoms with Crippen molar-refractivity contribution in [1.29, 1.82) is 0 Å². The molecule has 0 aromatic carbocycles. The van der Waals surface area contributed by atoms with Gasteiger partial charge in [-0.25, -0.2) is 0 Å². The van der Waals surface area contributed by atoms with Crippen LogP contribution in [0.2, 0.25) is 0 Å². The van der Waals surface area contributed by atoms with Crippen LogP contribution < -0.4 is 5.32 Å². The Hall–Kier alpha value is -0.120. The molecule has 2 rings (SSSR count). The summed E-state index contributed by atoms with van der Waals surface area (Å²) in [5, 5.41) is 3.58. The van der Waals surface area contributed by atoms with Crippen molar-refractivity contribution in [1.82, 2.24) is 15.1 Å². The van der Waals surface area contributed by atoms with E-state index in [2.05, 4.69) is 29.0 Å². The van der Waals surface area contributed by atoms with E-state index >= 15 is 0 Å². The van der Waals surface area contributed by atoms with E-state index in [1.54, 1.807) is 0 Å². The lowest BCUT2D eigenvalue weighted by Crippen LogP contribution is -2.56. The molecule has 2 heterocycles. The fourth-order valence-corrected chi connectivity index (χ4v) is 3.14. The molecule has 0 radical (unpaired) electrons. The van der Waals surface area contributed by atoms with Crippen molar-refractivity contribution in [2.24, 2.45) is 0 Å². The molecule has 0 spiro atoms. The summed E-state index contributed by atoms with van der Waals surface area (Å²) in [6.07, 6.45) is 4.16. The minimum atomic E-state index is 0.738. The maximum atomic E-state index is 3.58. The minimum Gasteiger partial charge on any atom is -0.315 e. The summed E-state index contributed by atoms with van der Waals surface area (Å²) in [6.45, 7) is 12.1. The Balaban J connectivity index is 1.85. The zero-order chi connectivity index (χ0) is 11.4. The van der Waals surface area contributed by atoms with Crippen LogP contribution in [0.5, 0.6) is 0 Å². The molecule has 0 aromatic rings. The minimum absolute atomic E-state index is 0.738. The summed E-state index contributed by atoms with van der Waals surface area (Å²) >= 11 is 0. The van der Waals surface area contributed by atoms with E-state index in [9.17, 15) is 0 Å². The SMILES string of the molecule is CCN1CCN(C2CCCCNC2)CC1C. The smallest absolute Gasteiger partial charge is 0.0221 e. The highest BCUT2D eigenvalue weighted by Gasteiger charge is 2.27. The lowest BCUT2D eigenvalue weighted by molar-refractivity contribution is 0.0572. The van der Waals surface area contributed by atoms with Crippen LogP contribution in [0.15, 0.2) is 0 Å². The Morgan fingerprint density at radius 3 is 2.88 bits per heavy atom. The average Bonchev–Trinajstić information content (AvgIpc) is 2.57. The maximum Gasteiger partial charge on any atom is 0.0221 e. The summed E-state index contributed by atoms with van der Waals surface area (Å²) in [5.74, 6) is 0. The standard InChI is InChI=1S/C13H27N3/c1-3-15-8-9-16(11-12(15)2)13-6-4-5-7-14-10-13/h12-14H,3-11H2,1-2H3. The molecule has 2 saturated heterocycles. The van der Waals surface area contributed by atoms with Gasteiger partial charge < -0.3 is 5.32 Å². The van der Waals surface area contributed by atoms with E-state index in [-0.39, 0.29) is 0 Å². The van der Waals surface area contributed by atoms with Gasteiger partial charge in [0.1, 0.15) is 0 Å². The van der Waals surface area contributed by atoms with Gasteiger partial charge in [0.15, 0.2) is 0 Å². The summed E-state index contributed by atoms with van der Waals surface area (Å²) in [6, 6.07) is 1.53. The lowest BCUT2D eigenvalue weighted by atomic mass is 10.1. The van der Waals surface area contributed by atoms with E-state index < -0.39 is 0 Å². The fourth-order valence-electron chi connectivity index (χ4n) is 3.14. The van der Waals surface area contributed by atoms with Gasteiger partial charge in [0.05, 0.1) is 0 Å². The summed E-state index contributed by atoms with van der Waals surface area (Å²) in [7, 11) is 0. The first kappa shape index (κ1) is 12.3. The van der Waals surface area contributed by atoms with Crippen molar-refractivity contribution >= 4 is 0 Å². The molecule has 3 nitrogen and oxygen atoms in total. The second kappa shape index (κ2) is 5.99. The summed E-state index contributed by atoms with van der Waals surface area (Å²) in [4.78, 5) is 5.32. The normalized spacial score (nSPS) is 34.9. The van der Waals surface area contributed by atoms with Crippen molar-refractivity contribution in [2.45, 2.75) is 45.2 Å². The maximum absolute atomic E-state index is 3.58. The van der Waals surface area contributed by atoms with E-state index in [4.69, 9.17) is 0 Å². The number of rotatable bonds is 2. The van der Waals surface area contributed by atoms with Crippen LogP contribution in [0, 0.1) is 0 Å². The van der Waals surface area contributed by atoms with Gasteiger partial charge in [0.2, 0.25) is 0 Å². The molecule has 2 aliphatic heterocycles. The van der Waals surface area contributed by atoms with Gasteiger partial charge in [0.25, 0.3) is 0 Å². The fraction of sp³-hybridized carbons (Fsp3) is 1.00. The van der Waals surface area contributed by atoms with Gasteiger partial charge in [-0.1, -0.05) is 13.3 Å². The van der Waals surface area contributed by atoms with Gasteiger partial charge in [-0.05, 0) is 32.9 Å². The summed E-state index contributed by atoms with van der Waals surface area (Å²) in [5.41, 5.74) is 0. The van der Waals surface area contributed by atoms with Crippen LogP contribution >= 0.6 is 0 Å². The predicted octanol–water partition coefficient (Wildman–Crippen LogP) is 1.15. The van der Waals surface area contributed by atoms with E-state index in [1.807, 2.05) is 0 Å². The molecule has 94 valence electrons. The van der Waals surface area contributed by atoms with Crippen LogP contribution in [0.25, 0.3) is 0 Å². The van der Waals surface area contributed by atoms with Crippen molar-refractivity contribution < 1.29 is 0 Å². The topological polar surface area (TPSA) is 18.5 Å². The van der Waals surface area contributed by atoms with Crippen LogP contribution in [0.4, 0.5) is 0 Å². The van der Waals surface area contributed by atoms with E-state index in [1.165, 1.54) is 58.5 Å². The quantitative estimate of drug-likeness (QED) is 0.761. The molecule has 2 unspecified atom stereocenters. The first-order valence-electron chi connectivity index (χ1n) is 7.00. The van der Waals surface area contributed by atoms with Crippen molar-refractivity contribution in [2.75, 3.05) is 39.3 Å². The number of likely N-dealkylation sites (N-methyl/N-ethyl adjacent to an activating group) is 1. The monoisotopic (exact) mass is 225 g/mol. The molecule has 0 bridgehead atoms. The number of hydrogen-bond acceptors (Lipinski definition) is 3. The third-order valence-electron chi connectivity index (χ3n) is 4.24. The third kappa shape index (κ3) is 2.96. The molecular weight excluding hydrogens is 198 g/mol. The Labute approximate surface area is 100 Å². The highest BCUT2D eigenvalue weighted by Crippen LogP contribution is 2.16. The molecule has 16 heavy (non-hydrogen) atoms. The van der Waals surface area contributed by atoms with Gasteiger partial charge in [-0.15, -0.1) is 0 Å². The average molecular weight is 225 g/mol. The predicted molar refractivity (Wildman–Crippen MR) is 68.8 cm³/mol. The molecule has 0 aliphatic carbocycles. The lowest BCUT2D eigenvalue weighted by Gasteiger charge is -2.42. The molecule has 0 amide bonds. The highest BCUT2D eigenvalue weighted by atomic mass is 15.3. The molecule has 3 heteroatoms. The number of piperazine rings is 1. The molecule has 2 aliphatic rings. The van der Waals surface area contributed by atoms with Gasteiger partial charge >= 0.3 is 0 Å². The van der Waals surface area contributed by atoms with Crippen LogP contribution in [0.1, 0.15) is 33.1 Å². The highest BCUT2D eigenvalue weighted by molar-refractivity contribution is 4.85. The molecule has 1 N–H and O–H groups in total. The van der Waals surface area contributed by atoms with E-state index in [0.29, 0.717) is 0 Å². The third-order valence-corrected chi connectivity index (χ3v) is 4.24. The van der Waals surface area contributed by atoms with Crippen LogP contribution in [-0.2, 0) is 0 Å². The Bertz CT molecular complexity index is 199. The zero-order valence-electron chi connectivity index (χ0n) is 10.9. The number of hydrogen-bond donors (Lipinski definition) is 1. The van der Waals surface area contributed by atoms with Gasteiger partial charge in [-0.3, -0.25) is 9.80 Å². The first-order valence-corrected chi connectivity index (χ1v) is 7.00. The van der Waals surface area contributed by atoms with Gasteiger partial charge in [-0.2, -0.15) is 0 Å². The number of nitrogens with one attached hydrogen (secondary N) is 1. The Morgan fingerprint density at radius 2 is 2.12 bits per heavy atom. The first-order chi connectivity index (χ1) is 7.81. The van der Waals surface area contributed by atoms with E-state index in [0.717, 1.165) is 12.1 Å². The van der Waals surface area contributed by atoms with Crippen LogP contribution in [0.3, 0.4) is 0 Å². The number of nitrogens with zero attached hydrogens (tertiary/aromatic N) is 2. The summed E-state index contributed by atoms with van der Waals surface area (Å²) < 4.78 is 0. The second-order valence-electron chi connectivity index (χ2n) is 5.33. The largest absolute Gasteiger partial charge is 0.315 e. The molecule has 2 atom stereocenters. The van der Waals surface area contributed by atoms with Crippen molar-refractivity contribution in [3.8, 4) is 0 Å². The molecular formula is C13H27N3. The molecule has 0 saturated carbocycles. The zero-order valence-corrected chi connectivity index (χ0v) is 10.9. The van der Waals surface area contributed by atoms with Gasteiger partial charge in [0, 0.05) is 38.3 Å². The molecule has 0 aromatic heterocycles. The van der Waals surface area contributed by atoms with Crippen LogP contribution in [-0.4, -0.2) is 61.2 Å². The second-order valence-corrected chi connectivity index (χ2v) is 5.33. The molecule has 2 fully saturated rings. The Kier molecular flexibility index (Phi) is 4.62. The Morgan fingerprint density at radius 1 is 1.25 bits per heavy atom.